The predicted molar refractivity (Wildman–Crippen MR) is 49.1 cm³/mol. The number of aliphatic hydroxyl groups is 1. The van der Waals surface area contributed by atoms with E-state index < -0.39 is 5.60 Å². The van der Waals surface area contributed by atoms with E-state index in [-0.39, 0.29) is 0 Å². The molecule has 1 aromatic rings. The van der Waals surface area contributed by atoms with Crippen LogP contribution in [0.4, 0.5) is 0 Å². The number of nitrogens with zero attached hydrogens (tertiary/aromatic N) is 3. The summed E-state index contributed by atoms with van der Waals surface area (Å²) in [5.41, 5.74) is 0.590. The Morgan fingerprint density at radius 2 is 2.31 bits per heavy atom. The molecule has 2 rings (SSSR count). The molecule has 1 fully saturated rings. The highest BCUT2D eigenvalue weighted by Crippen LogP contribution is 2.21. The monoisotopic (exact) mass is 181 g/mol. The molecular weight excluding hydrogens is 166 g/mol. The fourth-order valence-electron chi connectivity index (χ4n) is 1.81. The molecule has 0 aromatic carbocycles. The molecule has 0 saturated carbocycles. The van der Waals surface area contributed by atoms with E-state index in [2.05, 4.69) is 10.00 Å². The van der Waals surface area contributed by atoms with Crippen LogP contribution in [-0.4, -0.2) is 38.5 Å². The second-order valence-electron chi connectivity index (χ2n) is 4.12. The smallest absolute Gasteiger partial charge is 0.0872 e. The lowest BCUT2D eigenvalue weighted by Gasteiger charge is -2.43. The zero-order valence-electron chi connectivity index (χ0n) is 8.06. The van der Waals surface area contributed by atoms with E-state index in [0.717, 1.165) is 25.3 Å². The van der Waals surface area contributed by atoms with Gasteiger partial charge in [0.25, 0.3) is 0 Å². The van der Waals surface area contributed by atoms with E-state index in [1.54, 1.807) is 4.68 Å². The standard InChI is InChI=1S/C9H15N3O/c1-9(13)6-12(7-9)5-8-3-4-11(2)10-8/h3-4,13H,5-7H2,1-2H3. The van der Waals surface area contributed by atoms with Gasteiger partial charge in [0, 0.05) is 32.9 Å². The van der Waals surface area contributed by atoms with Crippen LogP contribution >= 0.6 is 0 Å². The van der Waals surface area contributed by atoms with Crippen LogP contribution in [-0.2, 0) is 13.6 Å². The van der Waals surface area contributed by atoms with Crippen molar-refractivity contribution in [2.45, 2.75) is 19.1 Å². The minimum Gasteiger partial charge on any atom is -0.388 e. The maximum absolute atomic E-state index is 9.50. The number of aromatic nitrogens is 2. The predicted octanol–water partition coefficient (Wildman–Crippen LogP) is -0.0133. The molecule has 1 aromatic heterocycles. The van der Waals surface area contributed by atoms with Crippen LogP contribution in [0.5, 0.6) is 0 Å². The number of aryl methyl sites for hydroxylation is 1. The van der Waals surface area contributed by atoms with E-state index in [4.69, 9.17) is 0 Å². The summed E-state index contributed by atoms with van der Waals surface area (Å²) in [4.78, 5) is 2.18. The Labute approximate surface area is 77.8 Å². The Morgan fingerprint density at radius 1 is 1.62 bits per heavy atom. The Hall–Kier alpha value is -0.870. The van der Waals surface area contributed by atoms with E-state index >= 15 is 0 Å². The molecule has 0 aliphatic carbocycles. The zero-order valence-corrected chi connectivity index (χ0v) is 8.06. The highest BCUT2D eigenvalue weighted by Gasteiger charge is 2.36. The molecule has 13 heavy (non-hydrogen) atoms. The third kappa shape index (κ3) is 1.89. The molecule has 4 nitrogen and oxygen atoms in total. The first-order valence-electron chi connectivity index (χ1n) is 4.48. The van der Waals surface area contributed by atoms with Gasteiger partial charge in [0.1, 0.15) is 0 Å². The quantitative estimate of drug-likeness (QED) is 0.697. The largest absolute Gasteiger partial charge is 0.388 e. The van der Waals surface area contributed by atoms with Gasteiger partial charge < -0.3 is 5.11 Å². The van der Waals surface area contributed by atoms with Gasteiger partial charge in [-0.3, -0.25) is 9.58 Å². The maximum atomic E-state index is 9.50. The zero-order chi connectivity index (χ0) is 9.47. The van der Waals surface area contributed by atoms with Gasteiger partial charge in [-0.1, -0.05) is 0 Å². The Kier molecular flexibility index (Phi) is 1.89. The second-order valence-corrected chi connectivity index (χ2v) is 4.12. The molecule has 72 valence electrons. The molecule has 0 unspecified atom stereocenters. The van der Waals surface area contributed by atoms with Crippen LogP contribution in [0.2, 0.25) is 0 Å². The van der Waals surface area contributed by atoms with Crippen molar-refractivity contribution in [2.75, 3.05) is 13.1 Å². The van der Waals surface area contributed by atoms with Crippen LogP contribution in [0.1, 0.15) is 12.6 Å². The number of β-amino-alcohol motifs (C(OH)–C–C–N with tert-alkyl or cyclic N) is 1. The Balaban J connectivity index is 1.87. The second kappa shape index (κ2) is 2.82. The summed E-state index contributed by atoms with van der Waals surface area (Å²) in [6.07, 6.45) is 1.94. The molecule has 1 N–H and O–H groups in total. The first-order valence-corrected chi connectivity index (χ1v) is 4.48. The van der Waals surface area contributed by atoms with Crippen LogP contribution in [0.25, 0.3) is 0 Å². The van der Waals surface area contributed by atoms with E-state index in [1.807, 2.05) is 26.2 Å². The highest BCUT2D eigenvalue weighted by atomic mass is 16.3. The maximum Gasteiger partial charge on any atom is 0.0872 e. The fraction of sp³-hybridized carbons (Fsp3) is 0.667. The van der Waals surface area contributed by atoms with Crippen molar-refractivity contribution in [1.82, 2.24) is 14.7 Å². The van der Waals surface area contributed by atoms with Gasteiger partial charge in [0.05, 0.1) is 11.3 Å². The van der Waals surface area contributed by atoms with Crippen molar-refractivity contribution in [3.05, 3.63) is 18.0 Å². The normalized spacial score (nSPS) is 21.5. The minimum atomic E-state index is -0.477. The van der Waals surface area contributed by atoms with Crippen molar-refractivity contribution in [3.8, 4) is 0 Å². The Morgan fingerprint density at radius 3 is 2.77 bits per heavy atom. The lowest BCUT2D eigenvalue weighted by molar-refractivity contribution is -0.0876. The Bertz CT molecular complexity index is 298. The summed E-state index contributed by atoms with van der Waals surface area (Å²) in [6.45, 7) is 4.21. The molecule has 4 heteroatoms. The molecule has 0 atom stereocenters. The van der Waals surface area contributed by atoms with Gasteiger partial charge in [-0.25, -0.2) is 0 Å². The number of hydrogen-bond donors (Lipinski definition) is 1. The van der Waals surface area contributed by atoms with Gasteiger partial charge in [-0.15, -0.1) is 0 Å². The van der Waals surface area contributed by atoms with Crippen LogP contribution in [0, 0.1) is 0 Å². The molecule has 0 amide bonds. The van der Waals surface area contributed by atoms with Crippen molar-refractivity contribution in [2.24, 2.45) is 7.05 Å². The first-order chi connectivity index (χ1) is 6.05. The molecule has 2 heterocycles. The van der Waals surface area contributed by atoms with Gasteiger partial charge in [-0.2, -0.15) is 5.10 Å². The molecule has 0 bridgehead atoms. The average Bonchev–Trinajstić information content (AvgIpc) is 2.31. The van der Waals surface area contributed by atoms with Crippen LogP contribution in [0.3, 0.4) is 0 Å². The fourth-order valence-corrected chi connectivity index (χ4v) is 1.81. The van der Waals surface area contributed by atoms with E-state index in [0.29, 0.717) is 0 Å². The first kappa shape index (κ1) is 8.72. The SMILES string of the molecule is Cn1ccc(CN2CC(C)(O)C2)n1. The van der Waals surface area contributed by atoms with Crippen LogP contribution in [0.15, 0.2) is 12.3 Å². The molecule has 1 saturated heterocycles. The third-order valence-corrected chi connectivity index (χ3v) is 2.28. The molecular formula is C9H15N3O. The molecule has 0 radical (unpaired) electrons. The highest BCUT2D eigenvalue weighted by molar-refractivity contribution is 5.02. The van der Waals surface area contributed by atoms with Gasteiger partial charge in [-0.05, 0) is 13.0 Å². The molecule has 1 aliphatic rings. The summed E-state index contributed by atoms with van der Waals surface area (Å²) in [7, 11) is 1.91. The lowest BCUT2D eigenvalue weighted by Crippen LogP contribution is -2.59. The van der Waals surface area contributed by atoms with Crippen LogP contribution < -0.4 is 0 Å². The van der Waals surface area contributed by atoms with Gasteiger partial charge in [0.15, 0.2) is 0 Å². The lowest BCUT2D eigenvalue weighted by atomic mass is 9.97. The van der Waals surface area contributed by atoms with Crippen molar-refractivity contribution in [3.63, 3.8) is 0 Å². The minimum absolute atomic E-state index is 0.477. The van der Waals surface area contributed by atoms with Gasteiger partial charge >= 0.3 is 0 Å². The number of likely N-dealkylation sites (tertiary alicyclic amines) is 1. The summed E-state index contributed by atoms with van der Waals surface area (Å²) >= 11 is 0. The summed E-state index contributed by atoms with van der Waals surface area (Å²) in [5.74, 6) is 0. The third-order valence-electron chi connectivity index (χ3n) is 2.28. The van der Waals surface area contributed by atoms with Crippen molar-refractivity contribution in [1.29, 1.82) is 0 Å². The summed E-state index contributed by atoms with van der Waals surface area (Å²) in [6, 6.07) is 2.01. The van der Waals surface area contributed by atoms with Crippen molar-refractivity contribution < 1.29 is 5.11 Å². The number of rotatable bonds is 2. The number of hydrogen-bond acceptors (Lipinski definition) is 3. The summed E-state index contributed by atoms with van der Waals surface area (Å²) in [5, 5.41) is 13.8. The van der Waals surface area contributed by atoms with E-state index in [1.165, 1.54) is 0 Å². The topological polar surface area (TPSA) is 41.3 Å². The molecule has 1 aliphatic heterocycles. The van der Waals surface area contributed by atoms with E-state index in [9.17, 15) is 5.11 Å². The molecule has 0 spiro atoms. The summed E-state index contributed by atoms with van der Waals surface area (Å²) < 4.78 is 1.80. The van der Waals surface area contributed by atoms with Crippen molar-refractivity contribution >= 4 is 0 Å². The van der Waals surface area contributed by atoms with Gasteiger partial charge in [0.2, 0.25) is 0 Å². The average molecular weight is 181 g/mol.